The zero-order valence-corrected chi connectivity index (χ0v) is 20.5. The highest BCUT2D eigenvalue weighted by Crippen LogP contribution is 2.50. The third kappa shape index (κ3) is 4.39. The Balaban J connectivity index is 1.57. The zero-order chi connectivity index (χ0) is 23.1. The van der Waals surface area contributed by atoms with Crippen LogP contribution in [0.1, 0.15) is 64.9 Å². The van der Waals surface area contributed by atoms with Crippen LogP contribution in [0.4, 0.5) is 4.79 Å². The number of hydrogen-bond donors (Lipinski definition) is 1. The average molecular weight is 441 g/mol. The van der Waals surface area contributed by atoms with Gasteiger partial charge in [-0.2, -0.15) is 0 Å². The molecule has 6 heteroatoms. The van der Waals surface area contributed by atoms with E-state index >= 15 is 0 Å². The van der Waals surface area contributed by atoms with Crippen molar-refractivity contribution in [2.24, 2.45) is 5.92 Å². The van der Waals surface area contributed by atoms with Crippen molar-refractivity contribution in [3.8, 4) is 0 Å². The number of benzene rings is 1. The first-order valence-electron chi connectivity index (χ1n) is 12.2. The summed E-state index contributed by atoms with van der Waals surface area (Å²) in [5, 5.41) is 3.02. The number of hydrogen-bond acceptors (Lipinski definition) is 3. The molecule has 3 fully saturated rings. The van der Waals surface area contributed by atoms with E-state index < -0.39 is 5.54 Å². The van der Waals surface area contributed by atoms with E-state index in [4.69, 9.17) is 0 Å². The second-order valence-electron chi connectivity index (χ2n) is 11.3. The Morgan fingerprint density at radius 2 is 1.75 bits per heavy atom. The highest BCUT2D eigenvalue weighted by Gasteiger charge is 2.55. The molecular formula is C26H40N4O2. The molecule has 32 heavy (non-hydrogen) atoms. The van der Waals surface area contributed by atoms with E-state index in [1.165, 1.54) is 18.4 Å². The summed E-state index contributed by atoms with van der Waals surface area (Å²) in [6.07, 6.45) is 6.58. The lowest BCUT2D eigenvalue weighted by Crippen LogP contribution is -2.55. The molecule has 176 valence electrons. The van der Waals surface area contributed by atoms with E-state index in [1.54, 1.807) is 6.92 Å². The molecule has 0 unspecified atom stereocenters. The molecule has 1 aromatic carbocycles. The first-order valence-corrected chi connectivity index (χ1v) is 12.2. The summed E-state index contributed by atoms with van der Waals surface area (Å²) >= 11 is 0. The van der Waals surface area contributed by atoms with Gasteiger partial charge in [0.1, 0.15) is 0 Å². The van der Waals surface area contributed by atoms with Crippen LogP contribution in [0.3, 0.4) is 0 Å². The van der Waals surface area contributed by atoms with Crippen LogP contribution in [0.15, 0.2) is 30.3 Å². The Labute approximate surface area is 193 Å². The lowest BCUT2D eigenvalue weighted by Gasteiger charge is -2.51. The van der Waals surface area contributed by atoms with Crippen LogP contribution >= 0.6 is 0 Å². The minimum absolute atomic E-state index is 0.0175. The topological polar surface area (TPSA) is 55.9 Å². The van der Waals surface area contributed by atoms with Crippen molar-refractivity contribution in [3.63, 3.8) is 0 Å². The van der Waals surface area contributed by atoms with Crippen LogP contribution in [0, 0.1) is 5.92 Å². The number of carbonyl (C=O) groups is 2. The molecule has 3 aliphatic rings. The smallest absolute Gasteiger partial charge is 0.320 e. The standard InChI is InChI=1S/C26H40N4O2/c1-20(31)27-24(2,3)18-29-19-25(30(23(29)32)17-21-11-12-21)13-15-26(16-14-25,28(4)5)22-9-7-6-8-10-22/h6-10,21H,11-19H2,1-5H3,(H,27,31)/t25-,26-. The predicted octanol–water partition coefficient (Wildman–Crippen LogP) is 3.82. The fraction of sp³-hybridized carbons (Fsp3) is 0.692. The summed E-state index contributed by atoms with van der Waals surface area (Å²) in [6, 6.07) is 11.0. The van der Waals surface area contributed by atoms with E-state index in [9.17, 15) is 9.59 Å². The van der Waals surface area contributed by atoms with Gasteiger partial charge in [-0.25, -0.2) is 4.79 Å². The van der Waals surface area contributed by atoms with Crippen LogP contribution < -0.4 is 5.32 Å². The maximum atomic E-state index is 13.6. The van der Waals surface area contributed by atoms with Gasteiger partial charge in [0, 0.05) is 32.1 Å². The van der Waals surface area contributed by atoms with Gasteiger partial charge in [-0.05, 0) is 77.9 Å². The Kier molecular flexibility index (Phi) is 6.03. The molecule has 0 bridgehead atoms. The van der Waals surface area contributed by atoms with Crippen molar-refractivity contribution in [1.29, 1.82) is 0 Å². The van der Waals surface area contributed by atoms with Gasteiger partial charge in [0.05, 0.1) is 11.1 Å². The molecule has 1 spiro atoms. The molecule has 1 aliphatic heterocycles. The molecule has 0 radical (unpaired) electrons. The van der Waals surface area contributed by atoms with Gasteiger partial charge in [0.25, 0.3) is 0 Å². The largest absolute Gasteiger partial charge is 0.350 e. The minimum atomic E-state index is -0.440. The highest BCUT2D eigenvalue weighted by atomic mass is 16.2. The number of carbonyl (C=O) groups excluding carboxylic acids is 2. The molecular weight excluding hydrogens is 400 g/mol. The first-order chi connectivity index (χ1) is 15.1. The van der Waals surface area contributed by atoms with Gasteiger partial charge in [-0.1, -0.05) is 30.3 Å². The molecule has 4 rings (SSSR count). The summed E-state index contributed by atoms with van der Waals surface area (Å²) in [7, 11) is 4.38. The van der Waals surface area contributed by atoms with Crippen molar-refractivity contribution >= 4 is 11.9 Å². The van der Waals surface area contributed by atoms with Crippen molar-refractivity contribution in [1.82, 2.24) is 20.0 Å². The number of nitrogens with zero attached hydrogens (tertiary/aromatic N) is 3. The molecule has 2 saturated carbocycles. The zero-order valence-electron chi connectivity index (χ0n) is 20.5. The Morgan fingerprint density at radius 1 is 1.12 bits per heavy atom. The van der Waals surface area contributed by atoms with Gasteiger partial charge < -0.3 is 15.1 Å². The van der Waals surface area contributed by atoms with Gasteiger partial charge in [-0.3, -0.25) is 9.69 Å². The fourth-order valence-electron chi connectivity index (χ4n) is 6.13. The van der Waals surface area contributed by atoms with E-state index in [1.807, 2.05) is 18.7 Å². The van der Waals surface area contributed by atoms with E-state index in [2.05, 4.69) is 59.5 Å². The van der Waals surface area contributed by atoms with Gasteiger partial charge in [0.2, 0.25) is 5.91 Å². The third-order valence-corrected chi connectivity index (χ3v) is 7.97. The molecule has 3 amide bonds. The van der Waals surface area contributed by atoms with E-state index in [-0.39, 0.29) is 23.0 Å². The van der Waals surface area contributed by atoms with Gasteiger partial charge in [-0.15, -0.1) is 0 Å². The fourth-order valence-corrected chi connectivity index (χ4v) is 6.13. The van der Waals surface area contributed by atoms with Crippen LogP contribution in [-0.2, 0) is 10.3 Å². The summed E-state index contributed by atoms with van der Waals surface area (Å²) in [4.78, 5) is 31.9. The summed E-state index contributed by atoms with van der Waals surface area (Å²) in [5.41, 5.74) is 0.857. The van der Waals surface area contributed by atoms with Crippen LogP contribution in [-0.4, -0.2) is 71.4 Å². The first kappa shape index (κ1) is 23.1. The Hall–Kier alpha value is -2.08. The Morgan fingerprint density at radius 3 is 2.28 bits per heavy atom. The monoisotopic (exact) mass is 440 g/mol. The predicted molar refractivity (Wildman–Crippen MR) is 127 cm³/mol. The maximum Gasteiger partial charge on any atom is 0.320 e. The minimum Gasteiger partial charge on any atom is -0.350 e. The van der Waals surface area contributed by atoms with Crippen molar-refractivity contribution in [3.05, 3.63) is 35.9 Å². The van der Waals surface area contributed by atoms with Gasteiger partial charge >= 0.3 is 6.03 Å². The average Bonchev–Trinajstić information content (AvgIpc) is 3.51. The second kappa shape index (κ2) is 8.36. The number of rotatable bonds is 7. The molecule has 1 N–H and O–H groups in total. The Bertz CT molecular complexity index is 839. The third-order valence-electron chi connectivity index (χ3n) is 7.97. The maximum absolute atomic E-state index is 13.6. The SMILES string of the molecule is CC(=O)NC(C)(C)CN1C[C@]2(CC[C@@](c3ccccc3)(N(C)C)CC2)N(CC2CC2)C1=O. The number of urea groups is 1. The molecule has 0 aromatic heterocycles. The molecule has 1 aromatic rings. The molecule has 2 aliphatic carbocycles. The second-order valence-corrected chi connectivity index (χ2v) is 11.3. The van der Waals surface area contributed by atoms with Crippen LogP contribution in [0.2, 0.25) is 0 Å². The van der Waals surface area contributed by atoms with E-state index in [0.717, 1.165) is 38.8 Å². The summed E-state index contributed by atoms with van der Waals surface area (Å²) in [5.74, 6) is 0.608. The molecule has 0 atom stereocenters. The lowest BCUT2D eigenvalue weighted by molar-refractivity contribution is -0.120. The summed E-state index contributed by atoms with van der Waals surface area (Å²) < 4.78 is 0. The van der Waals surface area contributed by atoms with Crippen molar-refractivity contribution in [2.75, 3.05) is 33.7 Å². The highest BCUT2D eigenvalue weighted by molar-refractivity contribution is 5.79. The lowest BCUT2D eigenvalue weighted by atomic mass is 9.68. The number of amides is 3. The van der Waals surface area contributed by atoms with E-state index in [0.29, 0.717) is 12.5 Å². The van der Waals surface area contributed by atoms with Gasteiger partial charge in [0.15, 0.2) is 0 Å². The molecule has 6 nitrogen and oxygen atoms in total. The van der Waals surface area contributed by atoms with Crippen molar-refractivity contribution in [2.45, 2.75) is 75.9 Å². The normalized spacial score (nSPS) is 28.6. The van der Waals surface area contributed by atoms with Crippen LogP contribution in [0.25, 0.3) is 0 Å². The molecule has 1 saturated heterocycles. The summed E-state index contributed by atoms with van der Waals surface area (Å²) in [6.45, 7) is 7.75. The number of nitrogens with one attached hydrogen (secondary N) is 1. The van der Waals surface area contributed by atoms with Crippen LogP contribution in [0.5, 0.6) is 0 Å². The van der Waals surface area contributed by atoms with Crippen molar-refractivity contribution < 1.29 is 9.59 Å². The molecule has 1 heterocycles. The quantitative estimate of drug-likeness (QED) is 0.701.